The highest BCUT2D eigenvalue weighted by atomic mass is 19.1. The first kappa shape index (κ1) is 22.0. The lowest BCUT2D eigenvalue weighted by atomic mass is 10.1. The van der Waals surface area contributed by atoms with Crippen LogP contribution < -0.4 is 5.49 Å². The lowest BCUT2D eigenvalue weighted by molar-refractivity contribution is 0.331. The molecule has 1 aliphatic heterocycles. The molecule has 0 aliphatic carbocycles. The number of nitrogens with one attached hydrogen (secondary N) is 1. The lowest BCUT2D eigenvalue weighted by Gasteiger charge is -2.14. The van der Waals surface area contributed by atoms with Crippen molar-refractivity contribution in [3.05, 3.63) is 89.3 Å². The van der Waals surface area contributed by atoms with Crippen molar-refractivity contribution in [1.82, 2.24) is 24.5 Å². The summed E-state index contributed by atoms with van der Waals surface area (Å²) in [4.78, 5) is 2.49. The predicted octanol–water partition coefficient (Wildman–Crippen LogP) is 4.79. The van der Waals surface area contributed by atoms with Crippen LogP contribution in [0.25, 0.3) is 34.8 Å². The first-order chi connectivity index (χ1) is 16.5. The minimum atomic E-state index is -0.287. The third-order valence-corrected chi connectivity index (χ3v) is 6.08. The Morgan fingerprint density at radius 1 is 0.941 bits per heavy atom. The fourth-order valence-corrected chi connectivity index (χ4v) is 4.28. The first-order valence-corrected chi connectivity index (χ1v) is 11.5. The van der Waals surface area contributed by atoms with Gasteiger partial charge in [-0.05, 0) is 79.5 Å². The summed E-state index contributed by atoms with van der Waals surface area (Å²) in [5.74, 6) is -0.287. The molecule has 1 saturated heterocycles. The van der Waals surface area contributed by atoms with Crippen LogP contribution >= 0.6 is 0 Å². The molecule has 0 radical (unpaired) electrons. The molecule has 0 amide bonds. The summed E-state index contributed by atoms with van der Waals surface area (Å²) in [5, 5.41) is 17.5. The van der Waals surface area contributed by atoms with E-state index in [-0.39, 0.29) is 11.3 Å². The standard InChI is InChI=1S/C27H27FN6/c1-32-19-24(27(31-32)22-8-10-23(28)11-9-22)25-12-13-26(29)34(30-25)17-14-20-4-6-21(7-5-20)18-33-15-2-3-16-33/h4-14,17,19,29H,2-3,15-16,18H2,1H3/b17-14+,29-26?. The van der Waals surface area contributed by atoms with E-state index in [0.717, 1.165) is 28.9 Å². The Bertz CT molecular complexity index is 1360. The molecule has 6 nitrogen and oxygen atoms in total. The second kappa shape index (κ2) is 9.57. The summed E-state index contributed by atoms with van der Waals surface area (Å²) in [6, 6.07) is 18.3. The van der Waals surface area contributed by atoms with Gasteiger partial charge in [0.2, 0.25) is 0 Å². The van der Waals surface area contributed by atoms with Crippen LogP contribution in [0.4, 0.5) is 4.39 Å². The molecule has 5 rings (SSSR count). The van der Waals surface area contributed by atoms with Gasteiger partial charge in [0.1, 0.15) is 17.0 Å². The third kappa shape index (κ3) is 4.89. The molecule has 34 heavy (non-hydrogen) atoms. The molecule has 1 fully saturated rings. The third-order valence-electron chi connectivity index (χ3n) is 6.08. The fourth-order valence-electron chi connectivity index (χ4n) is 4.28. The molecule has 1 N–H and O–H groups in total. The second-order valence-corrected chi connectivity index (χ2v) is 8.66. The molecule has 0 unspecified atom stereocenters. The van der Waals surface area contributed by atoms with E-state index in [1.54, 1.807) is 33.8 Å². The van der Waals surface area contributed by atoms with Crippen molar-refractivity contribution in [2.24, 2.45) is 7.05 Å². The summed E-state index contributed by atoms with van der Waals surface area (Å²) < 4.78 is 16.7. The number of rotatable bonds is 6. The van der Waals surface area contributed by atoms with Crippen molar-refractivity contribution < 1.29 is 4.39 Å². The van der Waals surface area contributed by atoms with Gasteiger partial charge in [0.05, 0.1) is 5.69 Å². The van der Waals surface area contributed by atoms with Crippen LogP contribution in [0.15, 0.2) is 66.9 Å². The van der Waals surface area contributed by atoms with E-state index in [0.29, 0.717) is 5.69 Å². The van der Waals surface area contributed by atoms with Crippen molar-refractivity contribution in [1.29, 1.82) is 5.41 Å². The summed E-state index contributed by atoms with van der Waals surface area (Å²) in [6.45, 7) is 3.37. The Morgan fingerprint density at radius 2 is 1.68 bits per heavy atom. The van der Waals surface area contributed by atoms with Crippen molar-refractivity contribution in [2.75, 3.05) is 13.1 Å². The number of hydrogen-bond acceptors (Lipinski definition) is 4. The molecule has 2 aromatic carbocycles. The first-order valence-electron chi connectivity index (χ1n) is 11.5. The van der Waals surface area contributed by atoms with Gasteiger partial charge in [-0.1, -0.05) is 24.3 Å². The van der Waals surface area contributed by atoms with Crippen LogP contribution in [0, 0.1) is 11.2 Å². The van der Waals surface area contributed by atoms with Crippen LogP contribution in [0.5, 0.6) is 0 Å². The smallest absolute Gasteiger partial charge is 0.146 e. The number of hydrogen-bond donors (Lipinski definition) is 1. The number of benzene rings is 2. The molecule has 7 heteroatoms. The van der Waals surface area contributed by atoms with E-state index < -0.39 is 0 Å². The van der Waals surface area contributed by atoms with Gasteiger partial charge in [0, 0.05) is 37.1 Å². The zero-order valence-electron chi connectivity index (χ0n) is 19.2. The molecule has 0 spiro atoms. The number of aromatic nitrogens is 4. The highest BCUT2D eigenvalue weighted by Crippen LogP contribution is 2.29. The normalized spacial score (nSPS) is 14.3. The summed E-state index contributed by atoms with van der Waals surface area (Å²) in [5.41, 5.74) is 5.69. The molecule has 0 atom stereocenters. The number of likely N-dealkylation sites (tertiary alicyclic amines) is 1. The van der Waals surface area contributed by atoms with Crippen LogP contribution in [0.2, 0.25) is 0 Å². The van der Waals surface area contributed by atoms with Crippen LogP contribution in [0.3, 0.4) is 0 Å². The molecule has 0 saturated carbocycles. The molecule has 3 heterocycles. The molecular weight excluding hydrogens is 427 g/mol. The van der Waals surface area contributed by atoms with Gasteiger partial charge in [0.25, 0.3) is 0 Å². The fraction of sp³-hybridized carbons (Fsp3) is 0.222. The highest BCUT2D eigenvalue weighted by molar-refractivity contribution is 5.78. The Kier molecular flexibility index (Phi) is 6.18. The summed E-state index contributed by atoms with van der Waals surface area (Å²) in [6.07, 6.45) is 8.24. The molecular formula is C27H27FN6. The van der Waals surface area contributed by atoms with Gasteiger partial charge < -0.3 is 0 Å². The lowest BCUT2D eigenvalue weighted by Crippen LogP contribution is -2.18. The minimum absolute atomic E-state index is 0.276. The zero-order chi connectivity index (χ0) is 23.5. The monoisotopic (exact) mass is 454 g/mol. The van der Waals surface area contributed by atoms with Crippen molar-refractivity contribution in [3.63, 3.8) is 0 Å². The number of nitrogens with zero attached hydrogens (tertiary/aromatic N) is 5. The molecule has 0 bridgehead atoms. The largest absolute Gasteiger partial charge is 0.299 e. The van der Waals surface area contributed by atoms with Gasteiger partial charge in [-0.25, -0.2) is 9.07 Å². The zero-order valence-corrected chi connectivity index (χ0v) is 19.2. The van der Waals surface area contributed by atoms with E-state index in [9.17, 15) is 4.39 Å². The molecule has 4 aromatic rings. The van der Waals surface area contributed by atoms with Crippen LogP contribution in [-0.2, 0) is 13.6 Å². The van der Waals surface area contributed by atoms with Gasteiger partial charge in [-0.2, -0.15) is 10.2 Å². The van der Waals surface area contributed by atoms with E-state index >= 15 is 0 Å². The number of aryl methyl sites for hydroxylation is 1. The SMILES string of the molecule is Cn1cc(-c2ccc(=N)n(/C=C/c3ccc(CN4CCCC4)cc3)n2)c(-c2ccc(F)cc2)n1. The highest BCUT2D eigenvalue weighted by Gasteiger charge is 2.14. The second-order valence-electron chi connectivity index (χ2n) is 8.66. The Morgan fingerprint density at radius 3 is 2.41 bits per heavy atom. The van der Waals surface area contributed by atoms with E-state index in [2.05, 4.69) is 39.4 Å². The van der Waals surface area contributed by atoms with Crippen LogP contribution in [0.1, 0.15) is 24.0 Å². The average Bonchev–Trinajstić information content (AvgIpc) is 3.50. The van der Waals surface area contributed by atoms with Crippen molar-refractivity contribution in [3.8, 4) is 22.5 Å². The van der Waals surface area contributed by atoms with E-state index in [4.69, 9.17) is 5.41 Å². The Balaban J connectivity index is 1.39. The summed E-state index contributed by atoms with van der Waals surface area (Å²) in [7, 11) is 1.84. The quantitative estimate of drug-likeness (QED) is 0.456. The maximum atomic E-state index is 13.4. The van der Waals surface area contributed by atoms with Gasteiger partial charge >= 0.3 is 0 Å². The number of halogens is 1. The van der Waals surface area contributed by atoms with Crippen LogP contribution in [-0.4, -0.2) is 37.6 Å². The molecule has 1 aliphatic rings. The maximum absolute atomic E-state index is 13.4. The maximum Gasteiger partial charge on any atom is 0.146 e. The Hall–Kier alpha value is -3.84. The summed E-state index contributed by atoms with van der Waals surface area (Å²) >= 11 is 0. The molecule has 2 aromatic heterocycles. The average molecular weight is 455 g/mol. The predicted molar refractivity (Wildman–Crippen MR) is 132 cm³/mol. The van der Waals surface area contributed by atoms with Crippen molar-refractivity contribution >= 4 is 12.3 Å². The van der Waals surface area contributed by atoms with E-state index in [1.807, 2.05) is 25.4 Å². The Labute approximate surface area is 198 Å². The topological polar surface area (TPSA) is 62.7 Å². The minimum Gasteiger partial charge on any atom is -0.299 e. The van der Waals surface area contributed by atoms with Crippen molar-refractivity contribution in [2.45, 2.75) is 19.4 Å². The van der Waals surface area contributed by atoms with Gasteiger partial charge in [-0.3, -0.25) is 15.0 Å². The van der Waals surface area contributed by atoms with Gasteiger partial charge in [0.15, 0.2) is 0 Å². The van der Waals surface area contributed by atoms with Gasteiger partial charge in [-0.15, -0.1) is 0 Å². The molecule has 172 valence electrons. The van der Waals surface area contributed by atoms with E-state index in [1.165, 1.54) is 43.6 Å².